The van der Waals surface area contributed by atoms with Gasteiger partial charge in [-0.25, -0.2) is 0 Å². The Morgan fingerprint density at radius 3 is 2.15 bits per heavy atom. The van der Waals surface area contributed by atoms with Gasteiger partial charge < -0.3 is 30.9 Å². The van der Waals surface area contributed by atoms with Gasteiger partial charge in [-0.1, -0.05) is 0 Å². The average Bonchev–Trinajstić information content (AvgIpc) is 2.08. The van der Waals surface area contributed by atoms with Gasteiger partial charge in [0.2, 0.25) is 0 Å². The monoisotopic (exact) mass is 216 g/mol. The Bertz CT molecular complexity index is 155. The van der Waals surface area contributed by atoms with Gasteiger partial charge in [-0.15, -0.1) is 12.4 Å². The highest BCUT2D eigenvalue weighted by Crippen LogP contribution is 2.17. The molecule has 6 N–H and O–H groups in total. The maximum atomic E-state index is 9.20. The molecule has 1 saturated heterocycles. The molecule has 0 aromatic heterocycles. The van der Waals surface area contributed by atoms with E-state index in [1.807, 2.05) is 0 Å². The first kappa shape index (κ1) is 13.1. The molecule has 0 amide bonds. The van der Waals surface area contributed by atoms with Crippen molar-refractivity contribution in [2.75, 3.05) is 6.61 Å². The Labute approximate surface area is 81.3 Å². The lowest BCUT2D eigenvalue weighted by atomic mass is 10.0. The molecule has 1 aliphatic rings. The van der Waals surface area contributed by atoms with Gasteiger partial charge in [-0.05, 0) is 0 Å². The number of hydrogen-bond donors (Lipinski definition) is 5. The minimum atomic E-state index is -1.35. The second-order valence-electron chi connectivity index (χ2n) is 2.81. The highest BCUT2D eigenvalue weighted by molar-refractivity contribution is 5.85. The molecule has 6 nitrogen and oxygen atoms in total. The summed E-state index contributed by atoms with van der Waals surface area (Å²) in [6.07, 6.45) is -4.85. The van der Waals surface area contributed by atoms with E-state index in [4.69, 9.17) is 20.7 Å². The van der Waals surface area contributed by atoms with Gasteiger partial charge in [-0.3, -0.25) is 0 Å². The largest absolute Gasteiger partial charge is 0.394 e. The first-order chi connectivity index (χ1) is 5.57. The SMILES string of the molecule is Cl.N[C@@H]1[C@@H](O)[C@@H](O)[C@@H](CO)O[13CH]1O. The summed E-state index contributed by atoms with van der Waals surface area (Å²) in [5.74, 6) is 0. The molecule has 0 saturated carbocycles. The van der Waals surface area contributed by atoms with Crippen molar-refractivity contribution < 1.29 is 25.2 Å². The van der Waals surface area contributed by atoms with Crippen LogP contribution in [0.25, 0.3) is 0 Å². The van der Waals surface area contributed by atoms with E-state index in [1.54, 1.807) is 0 Å². The topological polar surface area (TPSA) is 116 Å². The average molecular weight is 217 g/mol. The summed E-state index contributed by atoms with van der Waals surface area (Å²) in [4.78, 5) is 0. The zero-order chi connectivity index (χ0) is 9.30. The molecular formula is C6H14ClNO5. The molecule has 1 fully saturated rings. The second-order valence-corrected chi connectivity index (χ2v) is 2.81. The molecule has 0 aliphatic carbocycles. The molecule has 1 heterocycles. The molecule has 13 heavy (non-hydrogen) atoms. The Balaban J connectivity index is 0.00000144. The van der Waals surface area contributed by atoms with Gasteiger partial charge in [0.25, 0.3) is 0 Å². The summed E-state index contributed by atoms with van der Waals surface area (Å²) < 4.78 is 4.70. The summed E-state index contributed by atoms with van der Waals surface area (Å²) in [5, 5.41) is 36.1. The van der Waals surface area contributed by atoms with Crippen LogP contribution in [0.4, 0.5) is 0 Å². The van der Waals surface area contributed by atoms with E-state index in [-0.39, 0.29) is 12.4 Å². The first-order valence-corrected chi connectivity index (χ1v) is 3.64. The smallest absolute Gasteiger partial charge is 0.173 e. The van der Waals surface area contributed by atoms with E-state index in [1.165, 1.54) is 0 Å². The van der Waals surface area contributed by atoms with Crippen molar-refractivity contribution in [2.24, 2.45) is 5.73 Å². The number of nitrogens with two attached hydrogens (primary N) is 1. The van der Waals surface area contributed by atoms with Crippen molar-refractivity contribution >= 4 is 12.4 Å². The number of hydrogen-bond acceptors (Lipinski definition) is 6. The summed E-state index contributed by atoms with van der Waals surface area (Å²) in [5.41, 5.74) is 5.26. The highest BCUT2D eigenvalue weighted by Gasteiger charge is 2.41. The number of halogens is 1. The zero-order valence-electron chi connectivity index (χ0n) is 6.78. The van der Waals surface area contributed by atoms with Crippen LogP contribution in [0.2, 0.25) is 0 Å². The molecule has 0 spiro atoms. The highest BCUT2D eigenvalue weighted by atomic mass is 35.5. The van der Waals surface area contributed by atoms with E-state index in [0.717, 1.165) is 0 Å². The maximum absolute atomic E-state index is 9.20. The quantitative estimate of drug-likeness (QED) is 0.302. The fourth-order valence-electron chi connectivity index (χ4n) is 1.12. The Morgan fingerprint density at radius 1 is 1.15 bits per heavy atom. The third-order valence-corrected chi connectivity index (χ3v) is 1.95. The van der Waals surface area contributed by atoms with Crippen molar-refractivity contribution in [3.8, 4) is 0 Å². The minimum absolute atomic E-state index is 0. The fourth-order valence-corrected chi connectivity index (χ4v) is 1.12. The first-order valence-electron chi connectivity index (χ1n) is 3.64. The van der Waals surface area contributed by atoms with E-state index >= 15 is 0 Å². The van der Waals surface area contributed by atoms with Crippen LogP contribution in [0.3, 0.4) is 0 Å². The molecule has 80 valence electrons. The molecule has 7 heteroatoms. The lowest BCUT2D eigenvalue weighted by Gasteiger charge is -2.38. The van der Waals surface area contributed by atoms with Gasteiger partial charge >= 0.3 is 0 Å². The summed E-state index contributed by atoms with van der Waals surface area (Å²) >= 11 is 0. The predicted molar refractivity (Wildman–Crippen MR) is 45.2 cm³/mol. The van der Waals surface area contributed by atoms with Gasteiger partial charge in [0, 0.05) is 0 Å². The molecule has 5 atom stereocenters. The maximum Gasteiger partial charge on any atom is 0.173 e. The second kappa shape index (κ2) is 5.06. The van der Waals surface area contributed by atoms with E-state index < -0.39 is 37.3 Å². The summed E-state index contributed by atoms with van der Waals surface area (Å²) in [6, 6.07) is -1.04. The fraction of sp³-hybridized carbons (Fsp3) is 1.00. The van der Waals surface area contributed by atoms with Crippen molar-refractivity contribution in [1.29, 1.82) is 0 Å². The van der Waals surface area contributed by atoms with Crippen LogP contribution in [0, 0.1) is 0 Å². The lowest BCUT2D eigenvalue weighted by molar-refractivity contribution is -0.248. The number of rotatable bonds is 1. The van der Waals surface area contributed by atoms with Crippen LogP contribution >= 0.6 is 12.4 Å². The Kier molecular flexibility index (Phi) is 5.08. The van der Waals surface area contributed by atoms with E-state index in [9.17, 15) is 10.2 Å². The molecule has 1 aliphatic heterocycles. The van der Waals surface area contributed by atoms with Crippen LogP contribution in [-0.4, -0.2) is 57.7 Å². The Hall–Kier alpha value is 0.0500. The molecule has 1 unspecified atom stereocenters. The van der Waals surface area contributed by atoms with Gasteiger partial charge in [0.05, 0.1) is 12.6 Å². The molecule has 0 bridgehead atoms. The summed E-state index contributed by atoms with van der Waals surface area (Å²) in [7, 11) is 0. The third kappa shape index (κ3) is 2.50. The van der Waals surface area contributed by atoms with Crippen molar-refractivity contribution in [1.82, 2.24) is 0 Å². The van der Waals surface area contributed by atoms with E-state index in [0.29, 0.717) is 0 Å². The van der Waals surface area contributed by atoms with Gasteiger partial charge in [0.15, 0.2) is 6.29 Å². The third-order valence-electron chi connectivity index (χ3n) is 1.95. The van der Waals surface area contributed by atoms with Gasteiger partial charge in [-0.2, -0.15) is 0 Å². The standard InChI is InChI=1S/C6H13NO5.ClH/c7-3-5(10)4(9)2(1-8)12-6(3)11;/h2-6,8-11H,1,7H2;1H/t2-,3-,4+,5-,6?;/m1./s1/i6+1;. The summed E-state index contributed by atoms with van der Waals surface area (Å²) in [6.45, 7) is -0.470. The van der Waals surface area contributed by atoms with Crippen LogP contribution in [0.1, 0.15) is 0 Å². The zero-order valence-corrected chi connectivity index (χ0v) is 7.59. The van der Waals surface area contributed by atoms with Crippen LogP contribution in [0.15, 0.2) is 0 Å². The molecule has 0 aromatic rings. The van der Waals surface area contributed by atoms with E-state index in [2.05, 4.69) is 0 Å². The molecule has 0 aromatic carbocycles. The lowest BCUT2D eigenvalue weighted by Crippen LogP contribution is -2.61. The number of aliphatic hydroxyl groups is 4. The van der Waals surface area contributed by atoms with Gasteiger partial charge in [0.1, 0.15) is 18.3 Å². The minimum Gasteiger partial charge on any atom is -0.394 e. The Morgan fingerprint density at radius 2 is 1.69 bits per heavy atom. The van der Waals surface area contributed by atoms with Crippen molar-refractivity contribution in [2.45, 2.75) is 30.6 Å². The molecule has 1 rings (SSSR count). The van der Waals surface area contributed by atoms with Crippen molar-refractivity contribution in [3.63, 3.8) is 0 Å². The normalized spacial score (nSPS) is 45.5. The molecular weight excluding hydrogens is 203 g/mol. The predicted octanol–water partition coefficient (Wildman–Crippen LogP) is -2.83. The van der Waals surface area contributed by atoms with Crippen LogP contribution in [0.5, 0.6) is 0 Å². The van der Waals surface area contributed by atoms with Crippen LogP contribution < -0.4 is 5.73 Å². The number of ether oxygens (including phenoxy) is 1. The molecule has 0 radical (unpaired) electrons. The number of aliphatic hydroxyl groups excluding tert-OH is 4. The van der Waals surface area contributed by atoms with Crippen molar-refractivity contribution in [3.05, 3.63) is 0 Å². The van der Waals surface area contributed by atoms with Crippen LogP contribution in [-0.2, 0) is 4.74 Å².